The summed E-state index contributed by atoms with van der Waals surface area (Å²) >= 11 is 2.00. The molecule has 2 heteroatoms. The molecule has 1 aliphatic heterocycles. The summed E-state index contributed by atoms with van der Waals surface area (Å²) < 4.78 is 0. The SMILES string of the molecule is CC(C)C(C)C(O)C1CCCSC1. The Morgan fingerprint density at radius 1 is 1.31 bits per heavy atom. The Kier molecular flexibility index (Phi) is 4.60. The first-order valence-electron chi connectivity index (χ1n) is 5.38. The molecule has 0 aromatic rings. The molecule has 0 spiro atoms. The van der Waals surface area contributed by atoms with Crippen LogP contribution in [0, 0.1) is 17.8 Å². The fraction of sp³-hybridized carbons (Fsp3) is 1.00. The second kappa shape index (κ2) is 5.26. The van der Waals surface area contributed by atoms with E-state index in [1.165, 1.54) is 18.6 Å². The van der Waals surface area contributed by atoms with Gasteiger partial charge in [-0.2, -0.15) is 11.8 Å². The van der Waals surface area contributed by atoms with Crippen LogP contribution in [0.5, 0.6) is 0 Å². The van der Waals surface area contributed by atoms with E-state index in [9.17, 15) is 5.11 Å². The average Bonchev–Trinajstić information content (AvgIpc) is 2.17. The number of hydrogen-bond donors (Lipinski definition) is 1. The summed E-state index contributed by atoms with van der Waals surface area (Å²) in [5, 5.41) is 10.1. The van der Waals surface area contributed by atoms with Crippen molar-refractivity contribution < 1.29 is 5.11 Å². The molecule has 1 aliphatic rings. The highest BCUT2D eigenvalue weighted by atomic mass is 32.2. The molecule has 3 unspecified atom stereocenters. The van der Waals surface area contributed by atoms with E-state index in [1.54, 1.807) is 0 Å². The average molecular weight is 202 g/mol. The third-order valence-corrected chi connectivity index (χ3v) is 4.51. The Hall–Kier alpha value is 0.310. The minimum atomic E-state index is -0.0761. The molecule has 0 bridgehead atoms. The van der Waals surface area contributed by atoms with Gasteiger partial charge in [-0.1, -0.05) is 20.8 Å². The van der Waals surface area contributed by atoms with Crippen LogP contribution in [0.1, 0.15) is 33.6 Å². The van der Waals surface area contributed by atoms with Gasteiger partial charge >= 0.3 is 0 Å². The molecule has 0 aliphatic carbocycles. The molecular weight excluding hydrogens is 180 g/mol. The van der Waals surface area contributed by atoms with Gasteiger partial charge in [-0.05, 0) is 42.1 Å². The summed E-state index contributed by atoms with van der Waals surface area (Å²) in [6, 6.07) is 0. The quantitative estimate of drug-likeness (QED) is 0.759. The number of aliphatic hydroxyl groups excluding tert-OH is 1. The second-order valence-corrected chi connectivity index (χ2v) is 5.72. The first-order valence-corrected chi connectivity index (χ1v) is 6.54. The van der Waals surface area contributed by atoms with Gasteiger partial charge in [0.1, 0.15) is 0 Å². The Balaban J connectivity index is 2.40. The van der Waals surface area contributed by atoms with Gasteiger partial charge in [-0.3, -0.25) is 0 Å². The standard InChI is InChI=1S/C11H22OS/c1-8(2)9(3)11(12)10-5-4-6-13-7-10/h8-12H,4-7H2,1-3H3. The summed E-state index contributed by atoms with van der Waals surface area (Å²) in [6.07, 6.45) is 2.44. The van der Waals surface area contributed by atoms with Crippen LogP contribution in [0.2, 0.25) is 0 Å². The van der Waals surface area contributed by atoms with E-state index in [2.05, 4.69) is 20.8 Å². The Labute approximate surface area is 86.3 Å². The van der Waals surface area contributed by atoms with Crippen molar-refractivity contribution in [1.29, 1.82) is 0 Å². The lowest BCUT2D eigenvalue weighted by Gasteiger charge is -2.32. The highest BCUT2D eigenvalue weighted by molar-refractivity contribution is 7.99. The van der Waals surface area contributed by atoms with Crippen molar-refractivity contribution in [2.75, 3.05) is 11.5 Å². The van der Waals surface area contributed by atoms with Gasteiger partial charge in [0.05, 0.1) is 6.10 Å². The molecule has 0 amide bonds. The summed E-state index contributed by atoms with van der Waals surface area (Å²) in [6.45, 7) is 6.57. The minimum Gasteiger partial charge on any atom is -0.393 e. The van der Waals surface area contributed by atoms with E-state index in [0.717, 1.165) is 5.75 Å². The van der Waals surface area contributed by atoms with Gasteiger partial charge in [-0.15, -0.1) is 0 Å². The fourth-order valence-electron chi connectivity index (χ4n) is 1.86. The number of hydrogen-bond acceptors (Lipinski definition) is 2. The molecule has 3 atom stereocenters. The van der Waals surface area contributed by atoms with Crippen molar-refractivity contribution in [3.8, 4) is 0 Å². The Bertz CT molecular complexity index is 141. The number of rotatable bonds is 3. The van der Waals surface area contributed by atoms with Crippen molar-refractivity contribution >= 4 is 11.8 Å². The zero-order chi connectivity index (χ0) is 9.84. The Morgan fingerprint density at radius 3 is 2.46 bits per heavy atom. The fourth-order valence-corrected chi connectivity index (χ4v) is 3.06. The first-order chi connectivity index (χ1) is 6.13. The Morgan fingerprint density at radius 2 is 2.00 bits per heavy atom. The van der Waals surface area contributed by atoms with E-state index in [-0.39, 0.29) is 6.10 Å². The second-order valence-electron chi connectivity index (χ2n) is 4.57. The molecule has 1 saturated heterocycles. The van der Waals surface area contributed by atoms with E-state index in [4.69, 9.17) is 0 Å². The maximum atomic E-state index is 10.1. The van der Waals surface area contributed by atoms with Crippen LogP contribution in [-0.2, 0) is 0 Å². The van der Waals surface area contributed by atoms with Gasteiger partial charge in [0.2, 0.25) is 0 Å². The molecule has 0 aromatic carbocycles. The molecule has 0 aromatic heterocycles. The molecule has 1 heterocycles. The first kappa shape index (κ1) is 11.4. The van der Waals surface area contributed by atoms with Crippen molar-refractivity contribution in [2.24, 2.45) is 17.8 Å². The van der Waals surface area contributed by atoms with Gasteiger partial charge in [0.25, 0.3) is 0 Å². The van der Waals surface area contributed by atoms with Gasteiger partial charge in [-0.25, -0.2) is 0 Å². The molecule has 1 fully saturated rings. The predicted octanol–water partition coefficient (Wildman–Crippen LogP) is 2.78. The van der Waals surface area contributed by atoms with Gasteiger partial charge in [0, 0.05) is 0 Å². The third kappa shape index (κ3) is 3.17. The monoisotopic (exact) mass is 202 g/mol. The van der Waals surface area contributed by atoms with E-state index in [0.29, 0.717) is 17.8 Å². The van der Waals surface area contributed by atoms with Crippen LogP contribution in [0.25, 0.3) is 0 Å². The number of aliphatic hydroxyl groups is 1. The van der Waals surface area contributed by atoms with Crippen molar-refractivity contribution in [3.63, 3.8) is 0 Å². The normalized spacial score (nSPS) is 28.8. The van der Waals surface area contributed by atoms with Crippen molar-refractivity contribution in [2.45, 2.75) is 39.7 Å². The highest BCUT2D eigenvalue weighted by Crippen LogP contribution is 2.30. The molecular formula is C11H22OS. The van der Waals surface area contributed by atoms with Crippen molar-refractivity contribution in [1.82, 2.24) is 0 Å². The summed E-state index contributed by atoms with van der Waals surface area (Å²) in [4.78, 5) is 0. The predicted molar refractivity (Wildman–Crippen MR) is 60.1 cm³/mol. The maximum Gasteiger partial charge on any atom is 0.0604 e. The van der Waals surface area contributed by atoms with E-state index >= 15 is 0 Å². The minimum absolute atomic E-state index is 0.0761. The van der Waals surface area contributed by atoms with Crippen LogP contribution >= 0.6 is 11.8 Å². The summed E-state index contributed by atoms with van der Waals surface area (Å²) in [7, 11) is 0. The zero-order valence-electron chi connectivity index (χ0n) is 8.99. The van der Waals surface area contributed by atoms with E-state index < -0.39 is 0 Å². The largest absolute Gasteiger partial charge is 0.393 e. The lowest BCUT2D eigenvalue weighted by atomic mass is 9.83. The molecule has 0 radical (unpaired) electrons. The van der Waals surface area contributed by atoms with E-state index in [1.807, 2.05) is 11.8 Å². The molecule has 0 saturated carbocycles. The topological polar surface area (TPSA) is 20.2 Å². The molecule has 13 heavy (non-hydrogen) atoms. The number of thioether (sulfide) groups is 1. The van der Waals surface area contributed by atoms with Gasteiger partial charge in [0.15, 0.2) is 0 Å². The molecule has 1 N–H and O–H groups in total. The molecule has 1 nitrogen and oxygen atoms in total. The maximum absolute atomic E-state index is 10.1. The zero-order valence-corrected chi connectivity index (χ0v) is 9.81. The molecule has 1 rings (SSSR count). The third-order valence-electron chi connectivity index (χ3n) is 3.27. The van der Waals surface area contributed by atoms with Crippen LogP contribution in [0.15, 0.2) is 0 Å². The van der Waals surface area contributed by atoms with Crippen molar-refractivity contribution in [3.05, 3.63) is 0 Å². The lowest BCUT2D eigenvalue weighted by molar-refractivity contribution is 0.0423. The molecule has 78 valence electrons. The van der Waals surface area contributed by atoms with Gasteiger partial charge < -0.3 is 5.11 Å². The summed E-state index contributed by atoms with van der Waals surface area (Å²) in [5.41, 5.74) is 0. The van der Waals surface area contributed by atoms with Crippen LogP contribution in [-0.4, -0.2) is 22.7 Å². The summed E-state index contributed by atoms with van der Waals surface area (Å²) in [5.74, 6) is 4.05. The van der Waals surface area contributed by atoms with Crippen LogP contribution < -0.4 is 0 Å². The van der Waals surface area contributed by atoms with Crippen LogP contribution in [0.4, 0.5) is 0 Å². The smallest absolute Gasteiger partial charge is 0.0604 e. The highest BCUT2D eigenvalue weighted by Gasteiger charge is 2.27. The lowest BCUT2D eigenvalue weighted by Crippen LogP contribution is -2.33. The van der Waals surface area contributed by atoms with Crippen LogP contribution in [0.3, 0.4) is 0 Å².